The van der Waals surface area contributed by atoms with Gasteiger partial charge in [-0.1, -0.05) is 61.4 Å². The normalized spacial score (nSPS) is 25.8. The molecule has 0 radical (unpaired) electrons. The van der Waals surface area contributed by atoms with Gasteiger partial charge in [0.1, 0.15) is 35.1 Å². The van der Waals surface area contributed by atoms with E-state index in [-0.39, 0.29) is 25.3 Å². The molecule has 264 valence electrons. The zero-order valence-electron chi connectivity index (χ0n) is 29.1. The first-order chi connectivity index (χ1) is 23.8. The Kier molecular flexibility index (Phi) is 9.87. The molecule has 0 spiro atoms. The van der Waals surface area contributed by atoms with Crippen LogP contribution in [0.1, 0.15) is 71.3 Å². The van der Waals surface area contributed by atoms with Crippen molar-refractivity contribution < 1.29 is 33.8 Å². The first-order valence-corrected chi connectivity index (χ1v) is 17.5. The fraction of sp³-hybridized carbons (Fsp3) is 0.462. The maximum atomic E-state index is 14.4. The number of rotatable bonds is 5. The fourth-order valence-electron chi connectivity index (χ4n) is 6.94. The summed E-state index contributed by atoms with van der Waals surface area (Å²) in [6.45, 7) is 7.30. The Labute approximate surface area is 292 Å². The molecule has 0 bridgehead atoms. The quantitative estimate of drug-likeness (QED) is 0.281. The maximum Gasteiger partial charge on any atom is 0.408 e. The molecule has 5 atom stereocenters. The van der Waals surface area contributed by atoms with E-state index >= 15 is 0 Å². The molecule has 2 aromatic carbocycles. The average molecular weight is 683 g/mol. The van der Waals surface area contributed by atoms with Crippen molar-refractivity contribution in [3.63, 3.8) is 0 Å². The standard InChI is InChI=1S/C39H46N4O7/c1-24-17-18-28-31(19-24)40-30(25-13-9-8-10-14-25)21-33(28)49-27-20-32-34(44)42-39(36(46)47)22-26(39)15-11-6-5-7-12-16-29(35(45)43(32)23-27)41-37(48)50-38(2,3)4/h8-11,13-15,17-19,21,26-27,29,32H,5-7,12,16,20,22-23H2,1-4H3,(H,41,48)(H,42,44)(H,46,47). The number of alkyl carbamates (subject to hydrolysis) is 1. The third-order valence-electron chi connectivity index (χ3n) is 9.60. The molecule has 2 aliphatic heterocycles. The predicted octanol–water partition coefficient (Wildman–Crippen LogP) is 5.93. The number of allylic oxidation sites excluding steroid dienone is 1. The Morgan fingerprint density at radius 3 is 2.58 bits per heavy atom. The van der Waals surface area contributed by atoms with Gasteiger partial charge in [0, 0.05) is 29.4 Å². The molecule has 1 saturated heterocycles. The smallest absolute Gasteiger partial charge is 0.408 e. The van der Waals surface area contributed by atoms with Crippen LogP contribution in [0, 0.1) is 12.8 Å². The van der Waals surface area contributed by atoms with Gasteiger partial charge in [0.2, 0.25) is 11.8 Å². The van der Waals surface area contributed by atoms with Gasteiger partial charge in [0.15, 0.2) is 0 Å². The van der Waals surface area contributed by atoms with Crippen LogP contribution in [0.3, 0.4) is 0 Å². The van der Waals surface area contributed by atoms with E-state index in [1.165, 1.54) is 4.90 Å². The van der Waals surface area contributed by atoms with Gasteiger partial charge in [0.05, 0.1) is 17.8 Å². The van der Waals surface area contributed by atoms with E-state index in [0.29, 0.717) is 18.6 Å². The van der Waals surface area contributed by atoms with Crippen molar-refractivity contribution in [2.24, 2.45) is 5.92 Å². The third-order valence-corrected chi connectivity index (χ3v) is 9.60. The Morgan fingerprint density at radius 2 is 1.84 bits per heavy atom. The lowest BCUT2D eigenvalue weighted by Crippen LogP contribution is -2.56. The third kappa shape index (κ3) is 7.77. The number of fused-ring (bicyclic) bond motifs is 3. The van der Waals surface area contributed by atoms with Crippen LogP contribution < -0.4 is 15.4 Å². The van der Waals surface area contributed by atoms with Gasteiger partial charge in [-0.25, -0.2) is 14.6 Å². The summed E-state index contributed by atoms with van der Waals surface area (Å²) >= 11 is 0. The van der Waals surface area contributed by atoms with E-state index in [1.54, 1.807) is 20.8 Å². The second kappa shape index (κ2) is 14.1. The molecule has 2 fully saturated rings. The minimum absolute atomic E-state index is 0.0587. The molecule has 3 aliphatic rings. The number of aromatic nitrogens is 1. The zero-order valence-corrected chi connectivity index (χ0v) is 29.1. The molecule has 3 heterocycles. The van der Waals surface area contributed by atoms with Crippen molar-refractivity contribution >= 4 is 34.8 Å². The minimum Gasteiger partial charge on any atom is -0.488 e. The molecule has 3 N–H and O–H groups in total. The number of amides is 3. The van der Waals surface area contributed by atoms with E-state index in [9.17, 15) is 24.3 Å². The second-order valence-electron chi connectivity index (χ2n) is 14.7. The predicted molar refractivity (Wildman–Crippen MR) is 188 cm³/mol. The Hall–Kier alpha value is -4.93. The van der Waals surface area contributed by atoms with Crippen molar-refractivity contribution in [1.29, 1.82) is 0 Å². The van der Waals surface area contributed by atoms with Crippen LogP contribution >= 0.6 is 0 Å². The lowest BCUT2D eigenvalue weighted by molar-refractivity contribution is -0.145. The Bertz CT molecular complexity index is 1800. The molecule has 3 aromatic rings. The van der Waals surface area contributed by atoms with Gasteiger partial charge in [-0.2, -0.15) is 0 Å². The number of benzene rings is 2. The van der Waals surface area contributed by atoms with Crippen molar-refractivity contribution in [1.82, 2.24) is 20.5 Å². The number of pyridine rings is 1. The maximum absolute atomic E-state index is 14.4. The van der Waals surface area contributed by atoms with Crippen LogP contribution in [0.2, 0.25) is 0 Å². The van der Waals surface area contributed by atoms with Crippen molar-refractivity contribution in [2.75, 3.05) is 6.54 Å². The van der Waals surface area contributed by atoms with Crippen LogP contribution in [-0.2, 0) is 19.1 Å². The van der Waals surface area contributed by atoms with E-state index < -0.39 is 53.2 Å². The molecule has 6 rings (SSSR count). The molecule has 50 heavy (non-hydrogen) atoms. The lowest BCUT2D eigenvalue weighted by Gasteiger charge is -2.30. The summed E-state index contributed by atoms with van der Waals surface area (Å²) in [4.78, 5) is 60.2. The topological polar surface area (TPSA) is 147 Å². The monoisotopic (exact) mass is 682 g/mol. The molecular formula is C39H46N4O7. The SMILES string of the molecule is Cc1ccc2c(OC3CC4C(=O)NC5(C(=O)O)CC5C=CCCCCCC(NC(=O)OC(C)(C)C)C(=O)N4C3)cc(-c3ccccc3)nc2c1. The number of aryl methyl sites for hydroxylation is 1. The molecule has 11 nitrogen and oxygen atoms in total. The molecule has 1 aromatic heterocycles. The summed E-state index contributed by atoms with van der Waals surface area (Å²) in [6, 6.07) is 15.6. The van der Waals surface area contributed by atoms with E-state index in [2.05, 4.69) is 10.6 Å². The van der Waals surface area contributed by atoms with E-state index in [1.807, 2.05) is 73.7 Å². The zero-order chi connectivity index (χ0) is 35.6. The highest BCUT2D eigenvalue weighted by atomic mass is 16.6. The number of ether oxygens (including phenoxy) is 2. The first-order valence-electron chi connectivity index (χ1n) is 17.5. The molecule has 3 amide bonds. The van der Waals surface area contributed by atoms with Gasteiger partial charge in [0.25, 0.3) is 0 Å². The van der Waals surface area contributed by atoms with Gasteiger partial charge >= 0.3 is 12.1 Å². The van der Waals surface area contributed by atoms with Gasteiger partial charge in [-0.3, -0.25) is 9.59 Å². The van der Waals surface area contributed by atoms with E-state index in [4.69, 9.17) is 14.5 Å². The summed E-state index contributed by atoms with van der Waals surface area (Å²) in [6.07, 6.45) is 6.35. The van der Waals surface area contributed by atoms with Crippen LogP contribution in [0.25, 0.3) is 22.2 Å². The second-order valence-corrected chi connectivity index (χ2v) is 14.7. The van der Waals surface area contributed by atoms with Gasteiger partial charge in [-0.15, -0.1) is 0 Å². The number of nitrogens with zero attached hydrogens (tertiary/aromatic N) is 2. The highest BCUT2D eigenvalue weighted by molar-refractivity contribution is 5.96. The van der Waals surface area contributed by atoms with Crippen molar-refractivity contribution in [3.8, 4) is 17.0 Å². The summed E-state index contributed by atoms with van der Waals surface area (Å²) in [5.74, 6) is -1.88. The van der Waals surface area contributed by atoms with Gasteiger partial charge in [-0.05, 0) is 71.1 Å². The summed E-state index contributed by atoms with van der Waals surface area (Å²) in [7, 11) is 0. The first kappa shape index (κ1) is 34.9. The number of carboxylic acid groups (broad SMARTS) is 1. The Balaban J connectivity index is 1.34. The molecule has 1 saturated carbocycles. The molecule has 11 heteroatoms. The van der Waals surface area contributed by atoms with Crippen LogP contribution in [-0.4, -0.2) is 74.7 Å². The Morgan fingerprint density at radius 1 is 1.06 bits per heavy atom. The molecule has 1 aliphatic carbocycles. The summed E-state index contributed by atoms with van der Waals surface area (Å²) in [5.41, 5.74) is 1.22. The summed E-state index contributed by atoms with van der Waals surface area (Å²) in [5, 5.41) is 16.6. The van der Waals surface area contributed by atoms with Crippen LogP contribution in [0.5, 0.6) is 5.75 Å². The molecule has 5 unspecified atom stereocenters. The highest BCUT2D eigenvalue weighted by Gasteiger charge is 2.61. The average Bonchev–Trinajstić information content (AvgIpc) is 3.59. The number of aliphatic carboxylic acids is 1. The molecular weight excluding hydrogens is 636 g/mol. The lowest BCUT2D eigenvalue weighted by atomic mass is 10.0. The van der Waals surface area contributed by atoms with Crippen LogP contribution in [0.15, 0.2) is 66.7 Å². The van der Waals surface area contributed by atoms with Crippen LogP contribution in [0.4, 0.5) is 4.79 Å². The number of carbonyl (C=O) groups excluding carboxylic acids is 3. The van der Waals surface area contributed by atoms with E-state index in [0.717, 1.165) is 47.0 Å². The number of hydrogen-bond acceptors (Lipinski definition) is 7. The number of carboxylic acids is 1. The number of hydrogen-bond donors (Lipinski definition) is 3. The van der Waals surface area contributed by atoms with Gasteiger partial charge < -0.3 is 30.1 Å². The largest absolute Gasteiger partial charge is 0.488 e. The fourth-order valence-corrected chi connectivity index (χ4v) is 6.94. The minimum atomic E-state index is -1.43. The van der Waals surface area contributed by atoms with Crippen molar-refractivity contribution in [3.05, 3.63) is 72.3 Å². The number of carbonyl (C=O) groups is 4. The number of nitrogens with one attached hydrogen (secondary N) is 2. The summed E-state index contributed by atoms with van der Waals surface area (Å²) < 4.78 is 12.2. The highest BCUT2D eigenvalue weighted by Crippen LogP contribution is 2.45. The van der Waals surface area contributed by atoms with Crippen molar-refractivity contribution in [2.45, 2.75) is 102 Å².